The lowest BCUT2D eigenvalue weighted by Gasteiger charge is -2.31. The third-order valence-corrected chi connectivity index (χ3v) is 7.17. The van der Waals surface area contributed by atoms with Crippen molar-refractivity contribution in [2.24, 2.45) is 0 Å². The summed E-state index contributed by atoms with van der Waals surface area (Å²) in [5.41, 5.74) is 5.40. The van der Waals surface area contributed by atoms with Crippen LogP contribution >= 0.6 is 0 Å². The predicted molar refractivity (Wildman–Crippen MR) is 155 cm³/mol. The van der Waals surface area contributed by atoms with E-state index in [-0.39, 0.29) is 12.1 Å². The largest absolute Gasteiger partial charge is 0.497 e. The van der Waals surface area contributed by atoms with Crippen molar-refractivity contribution in [3.8, 4) is 23.0 Å². The van der Waals surface area contributed by atoms with E-state index in [1.54, 1.807) is 7.11 Å². The average molecular weight is 534 g/mol. The molecule has 1 aliphatic rings. The van der Waals surface area contributed by atoms with Gasteiger partial charge in [-0.25, -0.2) is 9.48 Å². The summed E-state index contributed by atoms with van der Waals surface area (Å²) in [4.78, 5) is 16.0. The van der Waals surface area contributed by atoms with Gasteiger partial charge in [-0.3, -0.25) is 0 Å². The maximum absolute atomic E-state index is 14.1. The molecule has 40 heavy (non-hydrogen) atoms. The molecule has 1 N–H and O–H groups in total. The van der Waals surface area contributed by atoms with Gasteiger partial charge >= 0.3 is 6.03 Å². The highest BCUT2D eigenvalue weighted by molar-refractivity contribution is 5.90. The molecular formula is C32H31N5O3. The topological polar surface area (TPSA) is 73.5 Å². The normalized spacial score (nSPS) is 14.2. The SMILES string of the molecule is CCOc1cccc(C2c3cccn3-c3c(c(C)nn3-c3ccccc3)CN2C(=O)Nc2ccc(OC)cc2)c1. The minimum absolute atomic E-state index is 0.218. The Bertz CT molecular complexity index is 1640. The fraction of sp³-hybridized carbons (Fsp3) is 0.188. The highest BCUT2D eigenvalue weighted by atomic mass is 16.5. The summed E-state index contributed by atoms with van der Waals surface area (Å²) < 4.78 is 15.2. The molecule has 2 aromatic heterocycles. The van der Waals surface area contributed by atoms with Gasteiger partial charge < -0.3 is 24.3 Å². The van der Waals surface area contributed by atoms with Crippen LogP contribution in [-0.2, 0) is 6.54 Å². The molecule has 6 rings (SSSR count). The van der Waals surface area contributed by atoms with Gasteiger partial charge in [-0.15, -0.1) is 0 Å². The van der Waals surface area contributed by atoms with Crippen molar-refractivity contribution >= 4 is 11.7 Å². The fourth-order valence-corrected chi connectivity index (χ4v) is 5.31. The number of ether oxygens (including phenoxy) is 2. The van der Waals surface area contributed by atoms with Gasteiger partial charge in [0.1, 0.15) is 17.3 Å². The molecule has 0 fully saturated rings. The van der Waals surface area contributed by atoms with Crippen molar-refractivity contribution in [1.82, 2.24) is 19.2 Å². The summed E-state index contributed by atoms with van der Waals surface area (Å²) in [5.74, 6) is 2.42. The number of amides is 2. The summed E-state index contributed by atoms with van der Waals surface area (Å²) in [6.07, 6.45) is 2.04. The number of carbonyl (C=O) groups excluding carboxylic acids is 1. The van der Waals surface area contributed by atoms with Crippen LogP contribution in [0.3, 0.4) is 0 Å². The zero-order valence-corrected chi connectivity index (χ0v) is 22.7. The highest BCUT2D eigenvalue weighted by Crippen LogP contribution is 2.39. The van der Waals surface area contributed by atoms with Gasteiger partial charge in [-0.2, -0.15) is 5.10 Å². The summed E-state index contributed by atoms with van der Waals surface area (Å²) in [6, 6.07) is 28.9. The number of hydrogen-bond donors (Lipinski definition) is 1. The van der Waals surface area contributed by atoms with Gasteiger partial charge in [0.25, 0.3) is 0 Å². The first-order valence-corrected chi connectivity index (χ1v) is 13.3. The van der Waals surface area contributed by atoms with Crippen molar-refractivity contribution in [2.45, 2.75) is 26.4 Å². The Balaban J connectivity index is 1.51. The molecule has 0 radical (unpaired) electrons. The lowest BCUT2D eigenvalue weighted by atomic mass is 10.0. The number of aromatic nitrogens is 3. The number of fused-ring (bicyclic) bond motifs is 3. The molecular weight excluding hydrogens is 502 g/mol. The van der Waals surface area contributed by atoms with E-state index in [0.717, 1.165) is 45.5 Å². The Morgan fingerprint density at radius 1 is 0.975 bits per heavy atom. The average Bonchev–Trinajstić information content (AvgIpc) is 3.54. The standard InChI is InChI=1S/C32H31N5O3/c1-4-40-27-13-8-10-23(20-27)30-29-14-9-19-35(29)31-28(22(2)34-37(31)25-11-6-5-7-12-25)21-36(30)32(38)33-24-15-17-26(39-3)18-16-24/h5-20,30H,4,21H2,1-3H3,(H,33,38). The Labute approximate surface area is 233 Å². The van der Waals surface area contributed by atoms with Crippen molar-refractivity contribution in [2.75, 3.05) is 19.0 Å². The van der Waals surface area contributed by atoms with Crippen LogP contribution in [0, 0.1) is 6.92 Å². The molecule has 8 nitrogen and oxygen atoms in total. The summed E-state index contributed by atoms with van der Waals surface area (Å²) in [6.45, 7) is 4.88. The number of methoxy groups -OCH3 is 1. The number of rotatable bonds is 6. The van der Waals surface area contributed by atoms with Crippen molar-refractivity contribution in [3.05, 3.63) is 120 Å². The molecule has 5 aromatic rings. The molecule has 0 saturated carbocycles. The number of para-hydroxylation sites is 1. The Morgan fingerprint density at radius 2 is 1.77 bits per heavy atom. The van der Waals surface area contributed by atoms with Gasteiger partial charge in [0, 0.05) is 17.4 Å². The first-order valence-electron chi connectivity index (χ1n) is 13.3. The molecule has 3 aromatic carbocycles. The summed E-state index contributed by atoms with van der Waals surface area (Å²) >= 11 is 0. The van der Waals surface area contributed by atoms with Crippen LogP contribution in [0.5, 0.6) is 11.5 Å². The lowest BCUT2D eigenvalue weighted by molar-refractivity contribution is 0.194. The van der Waals surface area contributed by atoms with Crippen LogP contribution in [-0.4, -0.2) is 39.0 Å². The van der Waals surface area contributed by atoms with Gasteiger partial charge in [-0.1, -0.05) is 30.3 Å². The van der Waals surface area contributed by atoms with E-state index in [4.69, 9.17) is 14.6 Å². The van der Waals surface area contributed by atoms with E-state index < -0.39 is 0 Å². The molecule has 0 aliphatic carbocycles. The van der Waals surface area contributed by atoms with E-state index in [0.29, 0.717) is 18.8 Å². The van der Waals surface area contributed by atoms with E-state index in [1.807, 2.05) is 115 Å². The number of nitrogens with one attached hydrogen (secondary N) is 1. The van der Waals surface area contributed by atoms with E-state index >= 15 is 0 Å². The maximum Gasteiger partial charge on any atom is 0.322 e. The smallest absolute Gasteiger partial charge is 0.322 e. The van der Waals surface area contributed by atoms with E-state index in [2.05, 4.69) is 16.0 Å². The first-order chi connectivity index (χ1) is 19.6. The molecule has 8 heteroatoms. The predicted octanol–water partition coefficient (Wildman–Crippen LogP) is 6.52. The van der Waals surface area contributed by atoms with Crippen LogP contribution in [0.25, 0.3) is 11.5 Å². The fourth-order valence-electron chi connectivity index (χ4n) is 5.31. The second-order valence-corrected chi connectivity index (χ2v) is 9.63. The Hall–Kier alpha value is -4.98. The van der Waals surface area contributed by atoms with Crippen LogP contribution in [0.4, 0.5) is 10.5 Å². The number of nitrogens with zero attached hydrogens (tertiary/aromatic N) is 4. The first kappa shape index (κ1) is 25.3. The third kappa shape index (κ3) is 4.58. The van der Waals surface area contributed by atoms with Gasteiger partial charge in [-0.05, 0) is 80.1 Å². The Kier molecular flexibility index (Phi) is 6.74. The van der Waals surface area contributed by atoms with Crippen LogP contribution in [0.2, 0.25) is 0 Å². The number of carbonyl (C=O) groups is 1. The Morgan fingerprint density at radius 3 is 2.52 bits per heavy atom. The molecule has 0 spiro atoms. The number of aryl methyl sites for hydroxylation is 1. The van der Waals surface area contributed by atoms with Crippen LogP contribution in [0.1, 0.15) is 35.5 Å². The molecule has 1 unspecified atom stereocenters. The number of hydrogen-bond acceptors (Lipinski definition) is 4. The molecule has 3 heterocycles. The van der Waals surface area contributed by atoms with Gasteiger partial charge in [0.05, 0.1) is 43.4 Å². The van der Waals surface area contributed by atoms with Gasteiger partial charge in [0.2, 0.25) is 0 Å². The van der Waals surface area contributed by atoms with Crippen LogP contribution in [0.15, 0.2) is 97.2 Å². The highest BCUT2D eigenvalue weighted by Gasteiger charge is 2.36. The molecule has 0 saturated heterocycles. The number of urea groups is 1. The van der Waals surface area contributed by atoms with Crippen molar-refractivity contribution in [1.29, 1.82) is 0 Å². The molecule has 0 bridgehead atoms. The minimum Gasteiger partial charge on any atom is -0.497 e. The molecule has 1 aliphatic heterocycles. The zero-order valence-electron chi connectivity index (χ0n) is 22.7. The monoisotopic (exact) mass is 533 g/mol. The summed E-state index contributed by atoms with van der Waals surface area (Å²) in [7, 11) is 1.62. The summed E-state index contributed by atoms with van der Waals surface area (Å²) in [5, 5.41) is 8.03. The maximum atomic E-state index is 14.1. The van der Waals surface area contributed by atoms with E-state index in [9.17, 15) is 4.79 Å². The number of benzene rings is 3. The minimum atomic E-state index is -0.385. The van der Waals surface area contributed by atoms with Crippen LogP contribution < -0.4 is 14.8 Å². The van der Waals surface area contributed by atoms with Crippen molar-refractivity contribution in [3.63, 3.8) is 0 Å². The molecule has 2 amide bonds. The zero-order chi connectivity index (χ0) is 27.6. The molecule has 1 atom stereocenters. The third-order valence-electron chi connectivity index (χ3n) is 7.17. The number of anilines is 1. The van der Waals surface area contributed by atoms with Crippen molar-refractivity contribution < 1.29 is 14.3 Å². The van der Waals surface area contributed by atoms with Gasteiger partial charge in [0.15, 0.2) is 0 Å². The van der Waals surface area contributed by atoms with E-state index in [1.165, 1.54) is 0 Å². The lowest BCUT2D eigenvalue weighted by Crippen LogP contribution is -2.38. The quantitative estimate of drug-likeness (QED) is 0.270. The second kappa shape index (κ2) is 10.6. The molecule has 202 valence electrons. The second-order valence-electron chi connectivity index (χ2n) is 9.63.